The number of carbonyl (C=O) groups excluding carboxylic acids is 1. The predicted octanol–water partition coefficient (Wildman–Crippen LogP) is 3.08. The van der Waals surface area contributed by atoms with Gasteiger partial charge in [-0.05, 0) is 37.0 Å². The Morgan fingerprint density at radius 3 is 2.59 bits per heavy atom. The number of aliphatic carboxylic acids is 1. The summed E-state index contributed by atoms with van der Waals surface area (Å²) in [4.78, 5) is 26.0. The zero-order valence-electron chi connectivity index (χ0n) is 12.4. The fourth-order valence-corrected chi connectivity index (χ4v) is 4.03. The topological polar surface area (TPSA) is 57.6 Å². The van der Waals surface area contributed by atoms with Gasteiger partial charge in [-0.2, -0.15) is 0 Å². The molecule has 4 nitrogen and oxygen atoms in total. The van der Waals surface area contributed by atoms with Gasteiger partial charge in [0.2, 0.25) is 5.91 Å². The predicted molar refractivity (Wildman–Crippen MR) is 83.9 cm³/mol. The number of carbonyl (C=O) groups is 2. The van der Waals surface area contributed by atoms with Crippen molar-refractivity contribution in [2.75, 3.05) is 13.1 Å². The molecule has 1 aliphatic carbocycles. The van der Waals surface area contributed by atoms with Crippen LogP contribution in [0.2, 0.25) is 5.02 Å². The summed E-state index contributed by atoms with van der Waals surface area (Å²) in [5.74, 6) is -1.16. The molecule has 1 aromatic rings. The van der Waals surface area contributed by atoms with Crippen molar-refractivity contribution in [2.24, 2.45) is 5.92 Å². The van der Waals surface area contributed by atoms with Crippen LogP contribution < -0.4 is 0 Å². The van der Waals surface area contributed by atoms with E-state index in [0.29, 0.717) is 24.5 Å². The van der Waals surface area contributed by atoms with Crippen molar-refractivity contribution < 1.29 is 14.7 Å². The second-order valence-electron chi connectivity index (χ2n) is 6.37. The van der Waals surface area contributed by atoms with Crippen molar-refractivity contribution in [1.29, 1.82) is 0 Å². The molecule has 3 rings (SSSR count). The van der Waals surface area contributed by atoms with E-state index in [2.05, 4.69) is 0 Å². The van der Waals surface area contributed by atoms with Crippen molar-refractivity contribution in [1.82, 2.24) is 4.90 Å². The molecule has 1 saturated heterocycles. The van der Waals surface area contributed by atoms with Gasteiger partial charge in [-0.1, -0.05) is 36.6 Å². The van der Waals surface area contributed by atoms with Gasteiger partial charge in [0.25, 0.3) is 0 Å². The zero-order chi connectivity index (χ0) is 15.7. The third kappa shape index (κ3) is 2.60. The first-order chi connectivity index (χ1) is 10.5. The van der Waals surface area contributed by atoms with Crippen molar-refractivity contribution in [3.8, 4) is 0 Å². The summed E-state index contributed by atoms with van der Waals surface area (Å²) in [7, 11) is 0. The number of rotatable bonds is 3. The molecule has 5 heteroatoms. The summed E-state index contributed by atoms with van der Waals surface area (Å²) in [5.41, 5.74) is 0.458. The standard InChI is InChI=1S/C17H20ClNO3/c18-14-5-3-4-13(10-14)17(7-1-2-8-17)16(22)19-9-6-12(11-19)15(20)21/h3-5,10,12H,1-2,6-9,11H2,(H,20,21). The Labute approximate surface area is 135 Å². The molecule has 1 atom stereocenters. The third-order valence-electron chi connectivity index (χ3n) is 5.07. The van der Waals surface area contributed by atoms with E-state index < -0.39 is 17.3 Å². The van der Waals surface area contributed by atoms with Crippen LogP contribution in [0.4, 0.5) is 0 Å². The molecule has 2 aliphatic rings. The number of hydrogen-bond donors (Lipinski definition) is 1. The van der Waals surface area contributed by atoms with Gasteiger partial charge in [0.05, 0.1) is 11.3 Å². The molecule has 1 aromatic carbocycles. The van der Waals surface area contributed by atoms with Crippen LogP contribution in [-0.4, -0.2) is 35.0 Å². The van der Waals surface area contributed by atoms with E-state index in [9.17, 15) is 9.59 Å². The minimum atomic E-state index is -0.807. The van der Waals surface area contributed by atoms with Crippen LogP contribution in [0, 0.1) is 5.92 Å². The number of benzene rings is 1. The van der Waals surface area contributed by atoms with E-state index in [1.54, 1.807) is 4.90 Å². The van der Waals surface area contributed by atoms with E-state index in [0.717, 1.165) is 31.2 Å². The van der Waals surface area contributed by atoms with Gasteiger partial charge in [0, 0.05) is 18.1 Å². The van der Waals surface area contributed by atoms with Crippen LogP contribution in [0.3, 0.4) is 0 Å². The monoisotopic (exact) mass is 321 g/mol. The maximum Gasteiger partial charge on any atom is 0.308 e. The normalized spacial score (nSPS) is 23.7. The largest absolute Gasteiger partial charge is 0.481 e. The van der Waals surface area contributed by atoms with Gasteiger partial charge < -0.3 is 10.0 Å². The Morgan fingerprint density at radius 1 is 1.27 bits per heavy atom. The molecule has 0 bridgehead atoms. The first kappa shape index (κ1) is 15.3. The van der Waals surface area contributed by atoms with Gasteiger partial charge >= 0.3 is 5.97 Å². The van der Waals surface area contributed by atoms with Gasteiger partial charge in [0.15, 0.2) is 0 Å². The summed E-state index contributed by atoms with van der Waals surface area (Å²) >= 11 is 6.11. The second-order valence-corrected chi connectivity index (χ2v) is 6.81. The fraction of sp³-hybridized carbons (Fsp3) is 0.529. The lowest BCUT2D eigenvalue weighted by Crippen LogP contribution is -2.44. The van der Waals surface area contributed by atoms with Gasteiger partial charge in [0.1, 0.15) is 0 Å². The van der Waals surface area contributed by atoms with Crippen LogP contribution >= 0.6 is 11.6 Å². The van der Waals surface area contributed by atoms with E-state index in [4.69, 9.17) is 16.7 Å². The third-order valence-corrected chi connectivity index (χ3v) is 5.30. The van der Waals surface area contributed by atoms with Gasteiger partial charge in [-0.3, -0.25) is 9.59 Å². The molecular weight excluding hydrogens is 302 g/mol. The van der Waals surface area contributed by atoms with E-state index in [1.165, 1.54) is 0 Å². The molecule has 1 saturated carbocycles. The molecule has 0 aromatic heterocycles. The average molecular weight is 322 g/mol. The smallest absolute Gasteiger partial charge is 0.308 e. The first-order valence-electron chi connectivity index (χ1n) is 7.81. The summed E-state index contributed by atoms with van der Waals surface area (Å²) in [5, 5.41) is 9.78. The van der Waals surface area contributed by atoms with E-state index in [1.807, 2.05) is 24.3 Å². The molecule has 0 spiro atoms. The molecule has 1 amide bonds. The molecule has 2 fully saturated rings. The minimum absolute atomic E-state index is 0.0796. The number of amides is 1. The summed E-state index contributed by atoms with van der Waals surface area (Å²) in [6.45, 7) is 0.870. The SMILES string of the molecule is O=C(O)C1CCN(C(=O)C2(c3cccc(Cl)c3)CCCC2)C1. The summed E-state index contributed by atoms with van der Waals surface area (Å²) in [6.07, 6.45) is 4.23. The Kier molecular flexibility index (Phi) is 4.13. The maximum absolute atomic E-state index is 13.1. The molecule has 1 unspecified atom stereocenters. The number of hydrogen-bond acceptors (Lipinski definition) is 2. The molecular formula is C17H20ClNO3. The fourth-order valence-electron chi connectivity index (χ4n) is 3.84. The van der Waals surface area contributed by atoms with Crippen molar-refractivity contribution in [2.45, 2.75) is 37.5 Å². The molecule has 1 heterocycles. The van der Waals surface area contributed by atoms with Crippen LogP contribution in [0.5, 0.6) is 0 Å². The van der Waals surface area contributed by atoms with Crippen molar-refractivity contribution >= 4 is 23.5 Å². The molecule has 118 valence electrons. The van der Waals surface area contributed by atoms with Gasteiger partial charge in [-0.25, -0.2) is 0 Å². The minimum Gasteiger partial charge on any atom is -0.481 e. The Hall–Kier alpha value is -1.55. The first-order valence-corrected chi connectivity index (χ1v) is 8.19. The highest BCUT2D eigenvalue weighted by molar-refractivity contribution is 6.30. The highest BCUT2D eigenvalue weighted by Gasteiger charge is 2.46. The quantitative estimate of drug-likeness (QED) is 0.930. The highest BCUT2D eigenvalue weighted by Crippen LogP contribution is 2.44. The second kappa shape index (κ2) is 5.92. The lowest BCUT2D eigenvalue weighted by Gasteiger charge is -2.33. The lowest BCUT2D eigenvalue weighted by molar-refractivity contribution is -0.142. The molecule has 1 aliphatic heterocycles. The number of carboxylic acid groups (broad SMARTS) is 1. The van der Waals surface area contributed by atoms with Crippen LogP contribution in [0.1, 0.15) is 37.7 Å². The number of likely N-dealkylation sites (tertiary alicyclic amines) is 1. The number of nitrogens with zero attached hydrogens (tertiary/aromatic N) is 1. The average Bonchev–Trinajstić information content (AvgIpc) is 3.17. The Balaban J connectivity index is 1.88. The lowest BCUT2D eigenvalue weighted by atomic mass is 9.77. The summed E-state index contributed by atoms with van der Waals surface area (Å²) < 4.78 is 0. The Bertz CT molecular complexity index is 595. The zero-order valence-corrected chi connectivity index (χ0v) is 13.2. The van der Waals surface area contributed by atoms with Gasteiger partial charge in [-0.15, -0.1) is 0 Å². The Morgan fingerprint density at radius 2 is 2.00 bits per heavy atom. The number of carboxylic acids is 1. The van der Waals surface area contributed by atoms with Crippen LogP contribution in [-0.2, 0) is 15.0 Å². The van der Waals surface area contributed by atoms with E-state index in [-0.39, 0.29) is 5.91 Å². The van der Waals surface area contributed by atoms with E-state index >= 15 is 0 Å². The maximum atomic E-state index is 13.1. The van der Waals surface area contributed by atoms with Crippen LogP contribution in [0.15, 0.2) is 24.3 Å². The van der Waals surface area contributed by atoms with Crippen LogP contribution in [0.25, 0.3) is 0 Å². The molecule has 1 N–H and O–H groups in total. The summed E-state index contributed by atoms with van der Waals surface area (Å²) in [6, 6.07) is 7.55. The highest BCUT2D eigenvalue weighted by atomic mass is 35.5. The molecule has 22 heavy (non-hydrogen) atoms. The van der Waals surface area contributed by atoms with Crippen molar-refractivity contribution in [3.63, 3.8) is 0 Å². The molecule has 0 radical (unpaired) electrons. The number of halogens is 1. The van der Waals surface area contributed by atoms with Crippen molar-refractivity contribution in [3.05, 3.63) is 34.9 Å².